The van der Waals surface area contributed by atoms with E-state index in [-0.39, 0.29) is 0 Å². The molecular weight excluding hydrogens is 400 g/mol. The first-order valence-electron chi connectivity index (χ1n) is 11.0. The van der Waals surface area contributed by atoms with E-state index >= 15 is 0 Å². The number of aromatic nitrogens is 2. The van der Waals surface area contributed by atoms with Crippen molar-refractivity contribution < 1.29 is 0 Å². The van der Waals surface area contributed by atoms with Gasteiger partial charge in [-0.1, -0.05) is 12.1 Å². The molecule has 2 heterocycles. The van der Waals surface area contributed by atoms with Gasteiger partial charge in [-0.2, -0.15) is 4.98 Å². The van der Waals surface area contributed by atoms with Crippen LogP contribution in [0.1, 0.15) is 30.9 Å². The molecule has 0 atom stereocenters. The molecule has 4 rings (SSSR count). The average Bonchev–Trinajstić information content (AvgIpc) is 2.78. The third kappa shape index (κ3) is 4.89. The number of H-pyrrole nitrogens is 1. The van der Waals surface area contributed by atoms with Crippen LogP contribution < -0.4 is 22.1 Å². The number of aromatic amines is 1. The number of piperidine rings is 1. The van der Waals surface area contributed by atoms with E-state index < -0.39 is 5.69 Å². The molecule has 0 aliphatic carbocycles. The Morgan fingerprint density at radius 1 is 1.19 bits per heavy atom. The molecular formula is C25H30N6O. The minimum atomic E-state index is -0.407. The van der Waals surface area contributed by atoms with Gasteiger partial charge in [-0.25, -0.2) is 4.79 Å². The van der Waals surface area contributed by atoms with Crippen LogP contribution in [0.15, 0.2) is 47.3 Å². The summed E-state index contributed by atoms with van der Waals surface area (Å²) in [5.41, 5.74) is 12.3. The van der Waals surface area contributed by atoms with Crippen molar-refractivity contribution >= 4 is 17.1 Å². The maximum absolute atomic E-state index is 12.3. The summed E-state index contributed by atoms with van der Waals surface area (Å²) >= 11 is 0. The minimum Gasteiger partial charge on any atom is -0.398 e. The Bertz CT molecular complexity index is 1190. The number of anilines is 2. The zero-order valence-electron chi connectivity index (χ0n) is 18.6. The van der Waals surface area contributed by atoms with Gasteiger partial charge in [0.25, 0.3) is 0 Å². The van der Waals surface area contributed by atoms with E-state index in [2.05, 4.69) is 32.7 Å². The Kier molecular flexibility index (Phi) is 6.37. The van der Waals surface area contributed by atoms with E-state index in [9.17, 15) is 4.79 Å². The van der Waals surface area contributed by atoms with Crippen LogP contribution in [0.4, 0.5) is 11.4 Å². The summed E-state index contributed by atoms with van der Waals surface area (Å²) in [4.78, 5) is 19.4. The lowest BCUT2D eigenvalue weighted by molar-refractivity contribution is 0.390. The maximum atomic E-state index is 12.3. The van der Waals surface area contributed by atoms with Crippen molar-refractivity contribution in [3.63, 3.8) is 0 Å². The van der Waals surface area contributed by atoms with Crippen LogP contribution in [0.3, 0.4) is 0 Å². The molecule has 7 heteroatoms. The molecule has 1 aromatic heterocycles. The second-order valence-corrected chi connectivity index (χ2v) is 8.52. The molecule has 1 aliphatic heterocycles. The van der Waals surface area contributed by atoms with Gasteiger partial charge in [-0.05, 0) is 81.6 Å². The molecule has 1 aliphatic rings. The lowest BCUT2D eigenvalue weighted by atomic mass is 9.98. The highest BCUT2D eigenvalue weighted by Crippen LogP contribution is 2.28. The van der Waals surface area contributed by atoms with Gasteiger partial charge in [0.15, 0.2) is 0 Å². The number of rotatable bonds is 6. The SMILES string of the molecule is CC(=N)c1cc(-c2cc(-c3ccc(NCC4CCNCC4)cc3C)[nH]c(=O)n2)ccc1N. The molecule has 0 bridgehead atoms. The summed E-state index contributed by atoms with van der Waals surface area (Å²) in [6, 6.07) is 13.5. The fraction of sp³-hybridized carbons (Fsp3) is 0.320. The molecule has 0 unspecified atom stereocenters. The van der Waals surface area contributed by atoms with E-state index in [0.717, 1.165) is 42.0 Å². The molecule has 0 amide bonds. The monoisotopic (exact) mass is 430 g/mol. The summed E-state index contributed by atoms with van der Waals surface area (Å²) < 4.78 is 0. The fourth-order valence-corrected chi connectivity index (χ4v) is 4.21. The largest absolute Gasteiger partial charge is 0.398 e. The van der Waals surface area contributed by atoms with E-state index in [1.54, 1.807) is 13.0 Å². The van der Waals surface area contributed by atoms with E-state index in [1.807, 2.05) is 31.2 Å². The third-order valence-corrected chi connectivity index (χ3v) is 6.07. The Labute approximate surface area is 188 Å². The van der Waals surface area contributed by atoms with E-state index in [4.69, 9.17) is 11.1 Å². The molecule has 7 nitrogen and oxygen atoms in total. The quantitative estimate of drug-likeness (QED) is 0.301. The van der Waals surface area contributed by atoms with Crippen molar-refractivity contribution in [2.24, 2.45) is 5.92 Å². The lowest BCUT2D eigenvalue weighted by Gasteiger charge is -2.23. The molecule has 32 heavy (non-hydrogen) atoms. The smallest absolute Gasteiger partial charge is 0.345 e. The second-order valence-electron chi connectivity index (χ2n) is 8.52. The molecule has 0 radical (unpaired) electrons. The van der Waals surface area contributed by atoms with Crippen molar-refractivity contribution in [2.45, 2.75) is 26.7 Å². The first-order chi connectivity index (χ1) is 15.4. The Morgan fingerprint density at radius 2 is 1.97 bits per heavy atom. The Balaban J connectivity index is 1.60. The van der Waals surface area contributed by atoms with Crippen LogP contribution >= 0.6 is 0 Å². The topological polar surface area (TPSA) is 120 Å². The van der Waals surface area contributed by atoms with Gasteiger partial charge in [0.2, 0.25) is 0 Å². The molecule has 166 valence electrons. The third-order valence-electron chi connectivity index (χ3n) is 6.07. The molecule has 3 aromatic rings. The highest BCUT2D eigenvalue weighted by atomic mass is 16.1. The predicted octanol–water partition coefficient (Wildman–Crippen LogP) is 3.79. The number of nitrogens with one attached hydrogen (secondary N) is 4. The van der Waals surface area contributed by atoms with Crippen molar-refractivity contribution in [2.75, 3.05) is 30.7 Å². The lowest BCUT2D eigenvalue weighted by Crippen LogP contribution is -2.31. The number of nitrogens with zero attached hydrogens (tertiary/aromatic N) is 1. The average molecular weight is 431 g/mol. The van der Waals surface area contributed by atoms with Gasteiger partial charge in [0, 0.05) is 40.3 Å². The first kappa shape index (κ1) is 21.8. The van der Waals surface area contributed by atoms with Crippen LogP contribution in [0.2, 0.25) is 0 Å². The Morgan fingerprint density at radius 3 is 2.69 bits per heavy atom. The number of hydrogen-bond donors (Lipinski definition) is 5. The zero-order valence-corrected chi connectivity index (χ0v) is 18.6. The van der Waals surface area contributed by atoms with Crippen LogP contribution in [-0.2, 0) is 0 Å². The van der Waals surface area contributed by atoms with E-state index in [1.165, 1.54) is 12.8 Å². The second kappa shape index (κ2) is 9.36. The standard InChI is InChI=1S/C25H30N6O/c1-15-11-19(29-14-17-7-9-28-10-8-17)4-5-20(15)24-13-23(30-25(32)31-24)18-3-6-22(27)21(12-18)16(2)26/h3-6,11-13,17,26,28-29H,7-10,14,27H2,1-2H3,(H,30,31,32). The molecule has 6 N–H and O–H groups in total. The first-order valence-corrected chi connectivity index (χ1v) is 11.0. The van der Waals surface area contributed by atoms with Gasteiger partial charge in [0.1, 0.15) is 0 Å². The minimum absolute atomic E-state index is 0.373. The normalized spacial score (nSPS) is 14.3. The van der Waals surface area contributed by atoms with Crippen molar-refractivity contribution in [3.8, 4) is 22.5 Å². The number of nitrogens with two attached hydrogens (primary N) is 1. The van der Waals surface area contributed by atoms with Crippen LogP contribution in [0.5, 0.6) is 0 Å². The molecule has 2 aromatic carbocycles. The zero-order chi connectivity index (χ0) is 22.7. The van der Waals surface area contributed by atoms with Gasteiger partial charge in [0.05, 0.1) is 11.4 Å². The summed E-state index contributed by atoms with van der Waals surface area (Å²) in [6.07, 6.45) is 2.41. The summed E-state index contributed by atoms with van der Waals surface area (Å²) in [7, 11) is 0. The van der Waals surface area contributed by atoms with Crippen molar-refractivity contribution in [3.05, 3.63) is 64.1 Å². The maximum Gasteiger partial charge on any atom is 0.345 e. The molecule has 1 saturated heterocycles. The summed E-state index contributed by atoms with van der Waals surface area (Å²) in [5, 5.41) is 14.9. The van der Waals surface area contributed by atoms with Crippen LogP contribution in [-0.4, -0.2) is 35.3 Å². The molecule has 0 saturated carbocycles. The number of aryl methyl sites for hydroxylation is 1. The highest BCUT2D eigenvalue weighted by molar-refractivity contribution is 6.02. The number of nitrogen functional groups attached to an aromatic ring is 1. The summed E-state index contributed by atoms with van der Waals surface area (Å²) in [6.45, 7) is 6.90. The van der Waals surface area contributed by atoms with Gasteiger partial charge >= 0.3 is 5.69 Å². The summed E-state index contributed by atoms with van der Waals surface area (Å²) in [5.74, 6) is 0.699. The van der Waals surface area contributed by atoms with Gasteiger partial charge in [-0.3, -0.25) is 0 Å². The fourth-order valence-electron chi connectivity index (χ4n) is 4.21. The van der Waals surface area contributed by atoms with Crippen molar-refractivity contribution in [1.29, 1.82) is 5.41 Å². The van der Waals surface area contributed by atoms with Crippen molar-refractivity contribution in [1.82, 2.24) is 15.3 Å². The van der Waals surface area contributed by atoms with Gasteiger partial charge < -0.3 is 26.8 Å². The number of benzene rings is 2. The van der Waals surface area contributed by atoms with Crippen LogP contribution in [0.25, 0.3) is 22.5 Å². The number of hydrogen-bond acceptors (Lipinski definition) is 6. The predicted molar refractivity (Wildman–Crippen MR) is 131 cm³/mol. The van der Waals surface area contributed by atoms with Crippen LogP contribution in [0, 0.1) is 18.3 Å². The molecule has 0 spiro atoms. The van der Waals surface area contributed by atoms with Gasteiger partial charge in [-0.15, -0.1) is 0 Å². The highest BCUT2D eigenvalue weighted by Gasteiger charge is 2.14. The van der Waals surface area contributed by atoms with E-state index in [0.29, 0.717) is 34.3 Å². The Hall–Kier alpha value is -3.45. The molecule has 1 fully saturated rings.